The van der Waals surface area contributed by atoms with Crippen molar-refractivity contribution in [3.05, 3.63) is 0 Å². The van der Waals surface area contributed by atoms with Gasteiger partial charge in [-0.1, -0.05) is 78.7 Å². The van der Waals surface area contributed by atoms with E-state index in [-0.39, 0.29) is 7.92 Å². The Morgan fingerprint density at radius 1 is 0.722 bits per heavy atom. The van der Waals surface area contributed by atoms with Crippen LogP contribution in [-0.2, 0) is 0 Å². The molecule has 0 aromatic heterocycles. The van der Waals surface area contributed by atoms with Crippen molar-refractivity contribution in [3.63, 3.8) is 0 Å². The molecule has 18 heavy (non-hydrogen) atoms. The molecule has 0 nitrogen and oxygen atoms in total. The van der Waals surface area contributed by atoms with Crippen LogP contribution in [0.2, 0.25) is 0 Å². The number of hydrogen-bond acceptors (Lipinski definition) is 0. The van der Waals surface area contributed by atoms with E-state index in [1.54, 1.807) is 16.4 Å². The maximum atomic E-state index is 2.45. The van der Waals surface area contributed by atoms with Crippen LogP contribution in [-0.4, -0.2) is 14.7 Å². The minimum atomic E-state index is 0.0350. The summed E-state index contributed by atoms with van der Waals surface area (Å²) < 4.78 is 0.591. The largest absolute Gasteiger partial charge is 0.0867 e. The standard InChI is InChI=1S/C15H27P3/c1-12(2,3)10-16-15(14(7,8)9)17-11(18(10)15)13(4,5)6/h1-9H3. The first-order valence-electron chi connectivity index (χ1n) is 6.82. The summed E-state index contributed by atoms with van der Waals surface area (Å²) >= 11 is 0. The smallest absolute Gasteiger partial charge is 0.0775 e. The van der Waals surface area contributed by atoms with Crippen molar-refractivity contribution in [1.82, 2.24) is 0 Å². The predicted octanol–water partition coefficient (Wildman–Crippen LogP) is 6.44. The van der Waals surface area contributed by atoms with Crippen LogP contribution in [0, 0.1) is 16.2 Å². The summed E-state index contributed by atoms with van der Waals surface area (Å²) in [6.45, 7) is 21.8. The molecule has 0 spiro atoms. The zero-order valence-electron chi connectivity index (χ0n) is 13.3. The lowest BCUT2D eigenvalue weighted by atomic mass is 9.98. The average Bonchev–Trinajstić information content (AvgIpc) is 2.01. The molecule has 0 aromatic rings. The lowest BCUT2D eigenvalue weighted by molar-refractivity contribution is 0.429. The quantitative estimate of drug-likeness (QED) is 0.451. The third kappa shape index (κ3) is 1.99. The van der Waals surface area contributed by atoms with E-state index in [1.165, 1.54) is 0 Å². The van der Waals surface area contributed by atoms with Gasteiger partial charge in [0, 0.05) is 0 Å². The van der Waals surface area contributed by atoms with Crippen molar-refractivity contribution in [2.75, 3.05) is 0 Å². The van der Waals surface area contributed by atoms with Crippen LogP contribution in [0.25, 0.3) is 0 Å². The Labute approximate surface area is 118 Å². The van der Waals surface area contributed by atoms with Crippen molar-refractivity contribution in [2.45, 2.75) is 67.0 Å². The van der Waals surface area contributed by atoms with Gasteiger partial charge in [0.05, 0.1) is 4.64 Å². The summed E-state index contributed by atoms with van der Waals surface area (Å²) in [6.07, 6.45) is 0. The van der Waals surface area contributed by atoms with Gasteiger partial charge in [0.15, 0.2) is 0 Å². The first-order valence-corrected chi connectivity index (χ1v) is 9.95. The van der Waals surface area contributed by atoms with E-state index in [0.29, 0.717) is 20.9 Å². The molecule has 0 aromatic carbocycles. The molecule has 0 fully saturated rings. The van der Waals surface area contributed by atoms with E-state index in [9.17, 15) is 0 Å². The van der Waals surface area contributed by atoms with Gasteiger partial charge < -0.3 is 0 Å². The van der Waals surface area contributed by atoms with E-state index < -0.39 is 0 Å². The molecule has 3 heteroatoms. The van der Waals surface area contributed by atoms with Crippen LogP contribution >= 0.6 is 24.3 Å². The monoisotopic (exact) mass is 300 g/mol. The highest BCUT2D eigenvalue weighted by atomic mass is 31.2. The normalized spacial score (nSPS) is 33.7. The first-order chi connectivity index (χ1) is 7.81. The molecule has 0 radical (unpaired) electrons. The van der Waals surface area contributed by atoms with Gasteiger partial charge in [-0.25, -0.2) is 0 Å². The topological polar surface area (TPSA) is 0 Å². The fourth-order valence-electron chi connectivity index (χ4n) is 2.50. The molecule has 0 bridgehead atoms. The zero-order valence-corrected chi connectivity index (χ0v) is 16.0. The molecule has 0 saturated carbocycles. The van der Waals surface area contributed by atoms with Crippen molar-refractivity contribution in [2.24, 2.45) is 16.2 Å². The van der Waals surface area contributed by atoms with Gasteiger partial charge in [-0.15, -0.1) is 0 Å². The van der Waals surface area contributed by atoms with Crippen LogP contribution in [0.1, 0.15) is 62.3 Å². The van der Waals surface area contributed by atoms with E-state index in [2.05, 4.69) is 62.3 Å². The third-order valence-electron chi connectivity index (χ3n) is 3.61. The second-order valence-corrected chi connectivity index (χ2v) is 15.3. The lowest BCUT2D eigenvalue weighted by Gasteiger charge is -2.64. The van der Waals surface area contributed by atoms with E-state index in [4.69, 9.17) is 0 Å². The molecule has 0 saturated heterocycles. The predicted molar refractivity (Wildman–Crippen MR) is 91.9 cm³/mol. The zero-order chi connectivity index (χ0) is 14.1. The molecule has 2 aliphatic rings. The van der Waals surface area contributed by atoms with Crippen molar-refractivity contribution in [1.29, 1.82) is 0 Å². The summed E-state index contributed by atoms with van der Waals surface area (Å²) in [5.74, 6) is 0. The molecule has 2 aliphatic heterocycles. The lowest BCUT2D eigenvalue weighted by Crippen LogP contribution is -2.50. The van der Waals surface area contributed by atoms with Crippen molar-refractivity contribution < 1.29 is 0 Å². The first kappa shape index (κ1) is 15.2. The van der Waals surface area contributed by atoms with Gasteiger partial charge in [-0.3, -0.25) is 0 Å². The summed E-state index contributed by atoms with van der Waals surface area (Å²) in [6, 6.07) is 0. The number of fused-ring (bicyclic) bond motifs is 1. The molecule has 0 amide bonds. The van der Waals surface area contributed by atoms with Gasteiger partial charge in [0.2, 0.25) is 0 Å². The molecular weight excluding hydrogens is 273 g/mol. The fraction of sp³-hybridized carbons (Fsp3) is 0.867. The van der Waals surface area contributed by atoms with Crippen LogP contribution < -0.4 is 0 Å². The SMILES string of the molecule is CC(C)(C)C1=PC2(C(C)(C)C)P=C(C(C)(C)C)P12. The van der Waals surface area contributed by atoms with E-state index in [1.807, 2.05) is 10.1 Å². The second kappa shape index (κ2) is 3.91. The Bertz CT molecular complexity index is 404. The summed E-state index contributed by atoms with van der Waals surface area (Å²) in [5, 5.41) is 3.69. The second-order valence-electron chi connectivity index (χ2n) is 8.59. The minimum Gasteiger partial charge on any atom is -0.0775 e. The highest BCUT2D eigenvalue weighted by Gasteiger charge is 2.64. The van der Waals surface area contributed by atoms with Crippen LogP contribution in [0.4, 0.5) is 0 Å². The van der Waals surface area contributed by atoms with Crippen LogP contribution in [0.15, 0.2) is 0 Å². The van der Waals surface area contributed by atoms with Gasteiger partial charge in [-0.2, -0.15) is 0 Å². The van der Waals surface area contributed by atoms with Crippen molar-refractivity contribution in [3.8, 4) is 0 Å². The Kier molecular flexibility index (Phi) is 3.29. The summed E-state index contributed by atoms with van der Waals surface area (Å²) in [7, 11) is 3.36. The minimum absolute atomic E-state index is 0.0350. The van der Waals surface area contributed by atoms with Gasteiger partial charge in [-0.05, 0) is 34.2 Å². The summed E-state index contributed by atoms with van der Waals surface area (Å²) in [4.78, 5) is 0. The Morgan fingerprint density at radius 3 is 1.28 bits per heavy atom. The molecular formula is C15H27P3. The highest BCUT2D eigenvalue weighted by molar-refractivity contribution is 8.23. The Hall–Kier alpha value is 0.770. The molecule has 102 valence electrons. The fourth-order valence-corrected chi connectivity index (χ4v) is 13.6. The average molecular weight is 300 g/mol. The number of hydrogen-bond donors (Lipinski definition) is 0. The molecule has 0 atom stereocenters. The summed E-state index contributed by atoms with van der Waals surface area (Å²) in [5.41, 5.74) is 1.24. The molecule has 2 rings (SSSR count). The molecule has 0 N–H and O–H groups in total. The number of rotatable bonds is 0. The van der Waals surface area contributed by atoms with Crippen LogP contribution in [0.3, 0.4) is 0 Å². The Morgan fingerprint density at radius 2 is 1.06 bits per heavy atom. The van der Waals surface area contributed by atoms with E-state index in [0.717, 1.165) is 0 Å². The molecule has 2 heterocycles. The molecule has 0 aliphatic carbocycles. The van der Waals surface area contributed by atoms with Gasteiger partial charge >= 0.3 is 0 Å². The van der Waals surface area contributed by atoms with Crippen LogP contribution in [0.5, 0.6) is 0 Å². The molecule has 0 unspecified atom stereocenters. The van der Waals surface area contributed by atoms with Gasteiger partial charge in [0.25, 0.3) is 0 Å². The third-order valence-corrected chi connectivity index (χ3v) is 15.0. The van der Waals surface area contributed by atoms with E-state index >= 15 is 0 Å². The maximum Gasteiger partial charge on any atom is 0.0867 e. The van der Waals surface area contributed by atoms with Gasteiger partial charge in [0.1, 0.15) is 0 Å². The van der Waals surface area contributed by atoms with Crippen molar-refractivity contribution >= 4 is 34.4 Å². The maximum absolute atomic E-state index is 2.45. The highest BCUT2D eigenvalue weighted by Crippen LogP contribution is 2.89. The Balaban J connectivity index is 2.45.